The van der Waals surface area contributed by atoms with E-state index in [-0.39, 0.29) is 50.1 Å². The molecule has 1 heterocycles. The van der Waals surface area contributed by atoms with Crippen molar-refractivity contribution in [2.75, 3.05) is 19.7 Å². The number of ketones is 1. The number of aromatic nitrogens is 1. The summed E-state index contributed by atoms with van der Waals surface area (Å²) in [6.45, 7) is 5.47. The Hall–Kier alpha value is -4.46. The lowest BCUT2D eigenvalue weighted by Gasteiger charge is -2.41. The molecule has 3 rings (SSSR count). The van der Waals surface area contributed by atoms with Crippen LogP contribution in [-0.2, 0) is 25.7 Å². The molecule has 0 radical (unpaired) electrons. The van der Waals surface area contributed by atoms with Gasteiger partial charge in [0.15, 0.2) is 0 Å². The molecular formula is C36H47F2N5O6. The maximum Gasteiger partial charge on any atom is 0.320 e. The molecule has 3 atom stereocenters. The van der Waals surface area contributed by atoms with E-state index < -0.39 is 59.6 Å². The summed E-state index contributed by atoms with van der Waals surface area (Å²) in [6.07, 6.45) is 2.28. The zero-order valence-electron chi connectivity index (χ0n) is 28.2. The molecule has 0 spiro atoms. The molecule has 3 aromatic rings. The number of nitrogens with one attached hydrogen (secondary N) is 1. The molecule has 11 nitrogen and oxygen atoms in total. The van der Waals surface area contributed by atoms with Gasteiger partial charge in [-0.3, -0.25) is 19.2 Å². The summed E-state index contributed by atoms with van der Waals surface area (Å²) in [7, 11) is 0. The highest BCUT2D eigenvalue weighted by Gasteiger charge is 2.37. The number of aliphatic carboxylic acids is 1. The smallest absolute Gasteiger partial charge is 0.320 e. The molecule has 2 aromatic carbocycles. The average Bonchev–Trinajstić information content (AvgIpc) is 3.46. The first-order valence-electron chi connectivity index (χ1n) is 16.3. The highest BCUT2D eigenvalue weighted by Crippen LogP contribution is 2.41. The minimum Gasteiger partial charge on any atom is -0.480 e. The number of nitrogens with two attached hydrogens (primary N) is 2. The molecule has 0 aliphatic heterocycles. The fourth-order valence-corrected chi connectivity index (χ4v) is 5.70. The summed E-state index contributed by atoms with van der Waals surface area (Å²) < 4.78 is 31.1. The van der Waals surface area contributed by atoms with Crippen LogP contribution in [0.1, 0.15) is 70.2 Å². The Kier molecular flexibility index (Phi) is 14.2. The van der Waals surface area contributed by atoms with Crippen LogP contribution in [0.4, 0.5) is 8.78 Å². The second-order valence-electron chi connectivity index (χ2n) is 13.2. The molecule has 0 aliphatic carbocycles. The van der Waals surface area contributed by atoms with E-state index >= 15 is 0 Å². The molecule has 13 heteroatoms. The van der Waals surface area contributed by atoms with Gasteiger partial charge in [-0.05, 0) is 54.5 Å². The highest BCUT2D eigenvalue weighted by molar-refractivity contribution is 5.82. The molecule has 1 aromatic heterocycles. The maximum atomic E-state index is 15.0. The first kappa shape index (κ1) is 39.0. The Morgan fingerprint density at radius 1 is 0.959 bits per heavy atom. The molecule has 49 heavy (non-hydrogen) atoms. The van der Waals surface area contributed by atoms with Crippen LogP contribution in [0.5, 0.6) is 0 Å². The number of carboxylic acids is 1. The number of carbonyl (C=O) groups excluding carboxylic acids is 3. The van der Waals surface area contributed by atoms with Crippen molar-refractivity contribution in [3.05, 3.63) is 83.7 Å². The largest absolute Gasteiger partial charge is 0.480 e. The number of carbonyl (C=O) groups is 4. The van der Waals surface area contributed by atoms with Crippen molar-refractivity contribution in [2.45, 2.75) is 77.5 Å². The Bertz CT molecular complexity index is 1590. The van der Waals surface area contributed by atoms with Crippen molar-refractivity contribution in [2.24, 2.45) is 16.9 Å². The molecule has 266 valence electrons. The van der Waals surface area contributed by atoms with Crippen LogP contribution in [0, 0.1) is 17.0 Å². The van der Waals surface area contributed by atoms with Crippen LogP contribution in [0.3, 0.4) is 0 Å². The van der Waals surface area contributed by atoms with Gasteiger partial charge in [-0.25, -0.2) is 8.78 Å². The number of nitrogens with zero attached hydrogens (tertiary/aromatic N) is 2. The molecule has 0 aliphatic rings. The third-order valence-corrected chi connectivity index (χ3v) is 8.23. The van der Waals surface area contributed by atoms with Gasteiger partial charge in [-0.2, -0.15) is 0 Å². The quantitative estimate of drug-likeness (QED) is 0.126. The summed E-state index contributed by atoms with van der Waals surface area (Å²) in [5.74, 6) is -3.63. The number of rotatable bonds is 18. The van der Waals surface area contributed by atoms with Gasteiger partial charge >= 0.3 is 5.97 Å². The predicted molar refractivity (Wildman–Crippen MR) is 181 cm³/mol. The summed E-state index contributed by atoms with van der Waals surface area (Å²) >= 11 is 0. The molecule has 0 unspecified atom stereocenters. The molecular weight excluding hydrogens is 636 g/mol. The van der Waals surface area contributed by atoms with Crippen molar-refractivity contribution >= 4 is 23.6 Å². The van der Waals surface area contributed by atoms with Gasteiger partial charge in [0.2, 0.25) is 11.8 Å². The van der Waals surface area contributed by atoms with Gasteiger partial charge in [0.25, 0.3) is 0 Å². The SMILES string of the molecule is CC(C)(C)[C@H](c1cc(-c2cc(F)ccc2F)cn1Cc1ccccc1)N(CC[C@H](N)C(=O)NCCCC(=O)CC[C@H](N)C(=O)O)C(=O)CO. The topological polar surface area (TPSA) is 181 Å². The van der Waals surface area contributed by atoms with Crippen LogP contribution in [0.2, 0.25) is 0 Å². The van der Waals surface area contributed by atoms with Gasteiger partial charge in [-0.15, -0.1) is 0 Å². The van der Waals surface area contributed by atoms with Crippen LogP contribution < -0.4 is 16.8 Å². The standard InChI is InChI=1S/C36H47F2N5O6/c1-36(2,3)33(31-18-24(27-19-25(37)11-13-28(27)38)21-42(31)20-23-8-5-4-6-9-23)43(32(46)22-44)17-15-29(39)34(47)41-16-7-10-26(45)12-14-30(40)35(48)49/h4-6,8-9,11,13,18-19,21,29-30,33,44H,7,10,12,14-17,20,22,39-40H2,1-3H3,(H,41,47)(H,48,49)/t29-,30-,33-/m0/s1. The van der Waals surface area contributed by atoms with Crippen LogP contribution in [0.25, 0.3) is 11.1 Å². The normalized spacial score (nSPS) is 13.4. The Morgan fingerprint density at radius 2 is 1.65 bits per heavy atom. The van der Waals surface area contributed by atoms with E-state index in [4.69, 9.17) is 16.6 Å². The number of hydrogen-bond acceptors (Lipinski definition) is 7. The molecule has 0 fully saturated rings. The third kappa shape index (κ3) is 11.3. The van der Waals surface area contributed by atoms with E-state index in [1.165, 1.54) is 4.90 Å². The van der Waals surface area contributed by atoms with Gasteiger partial charge < -0.3 is 36.5 Å². The van der Waals surface area contributed by atoms with E-state index in [0.29, 0.717) is 24.2 Å². The summed E-state index contributed by atoms with van der Waals surface area (Å²) in [4.78, 5) is 50.5. The van der Waals surface area contributed by atoms with Crippen molar-refractivity contribution in [1.29, 1.82) is 0 Å². The minimum absolute atomic E-state index is 0.00158. The predicted octanol–water partition coefficient (Wildman–Crippen LogP) is 3.76. The third-order valence-electron chi connectivity index (χ3n) is 8.23. The van der Waals surface area contributed by atoms with E-state index in [1.807, 2.05) is 55.7 Å². The Balaban J connectivity index is 1.81. The molecule has 2 amide bonds. The first-order chi connectivity index (χ1) is 23.1. The van der Waals surface area contributed by atoms with Gasteiger partial charge in [-0.1, -0.05) is 51.1 Å². The summed E-state index contributed by atoms with van der Waals surface area (Å²) in [5.41, 5.74) is 13.0. The van der Waals surface area contributed by atoms with Gasteiger partial charge in [0, 0.05) is 55.5 Å². The highest BCUT2D eigenvalue weighted by atomic mass is 19.1. The van der Waals surface area contributed by atoms with Crippen LogP contribution in [0.15, 0.2) is 60.8 Å². The van der Waals surface area contributed by atoms with Crippen molar-refractivity contribution < 1.29 is 38.2 Å². The monoisotopic (exact) mass is 683 g/mol. The van der Waals surface area contributed by atoms with Gasteiger partial charge in [0.05, 0.1) is 12.1 Å². The number of aliphatic hydroxyl groups is 1. The zero-order valence-corrected chi connectivity index (χ0v) is 28.2. The number of benzene rings is 2. The molecule has 7 N–H and O–H groups in total. The van der Waals surface area contributed by atoms with E-state index in [1.54, 1.807) is 12.3 Å². The fraction of sp³-hybridized carbons (Fsp3) is 0.444. The zero-order chi connectivity index (χ0) is 36.3. The second kappa shape index (κ2) is 17.8. The van der Waals surface area contributed by atoms with Crippen molar-refractivity contribution in [1.82, 2.24) is 14.8 Å². The maximum absolute atomic E-state index is 15.0. The number of aliphatic hydroxyl groups excluding tert-OH is 1. The van der Waals surface area contributed by atoms with Crippen LogP contribution >= 0.6 is 0 Å². The van der Waals surface area contributed by atoms with Gasteiger partial charge in [0.1, 0.15) is 30.1 Å². The Morgan fingerprint density at radius 3 is 2.29 bits per heavy atom. The lowest BCUT2D eigenvalue weighted by atomic mass is 9.82. The van der Waals surface area contributed by atoms with Crippen LogP contribution in [-0.4, -0.2) is 75.0 Å². The molecule has 0 bridgehead atoms. The van der Waals surface area contributed by atoms with E-state index in [0.717, 1.165) is 23.8 Å². The second-order valence-corrected chi connectivity index (χ2v) is 13.2. The molecule has 0 saturated carbocycles. The number of amides is 2. The number of halogens is 2. The first-order valence-corrected chi connectivity index (χ1v) is 16.3. The lowest BCUT2D eigenvalue weighted by molar-refractivity contribution is -0.140. The number of hydrogen-bond donors (Lipinski definition) is 5. The molecule has 0 saturated heterocycles. The summed E-state index contributed by atoms with van der Waals surface area (Å²) in [5, 5.41) is 21.6. The number of Topliss-reactive ketones (excluding diaryl/α,β-unsaturated/α-hetero) is 1. The van der Waals surface area contributed by atoms with E-state index in [2.05, 4.69) is 5.32 Å². The average molecular weight is 684 g/mol. The fourth-order valence-electron chi connectivity index (χ4n) is 5.70. The Labute approximate surface area is 285 Å². The van der Waals surface area contributed by atoms with Crippen molar-refractivity contribution in [3.8, 4) is 11.1 Å². The van der Waals surface area contributed by atoms with E-state index in [9.17, 15) is 33.1 Å². The summed E-state index contributed by atoms with van der Waals surface area (Å²) in [6, 6.07) is 11.6. The van der Waals surface area contributed by atoms with Crippen molar-refractivity contribution in [3.63, 3.8) is 0 Å². The number of carboxylic acid groups (broad SMARTS) is 1. The lowest BCUT2D eigenvalue weighted by Crippen LogP contribution is -2.47. The minimum atomic E-state index is -1.17.